The Hall–Kier alpha value is -1.39. The third-order valence-electron chi connectivity index (χ3n) is 4.49. The Kier molecular flexibility index (Phi) is 5.82. The van der Waals surface area contributed by atoms with Gasteiger partial charge in [0.1, 0.15) is 5.69 Å². The Morgan fingerprint density at radius 3 is 2.65 bits per heavy atom. The molecule has 0 bridgehead atoms. The van der Waals surface area contributed by atoms with Crippen LogP contribution in [-0.2, 0) is 24.3 Å². The van der Waals surface area contributed by atoms with Crippen molar-refractivity contribution in [1.82, 2.24) is 15.0 Å². The van der Waals surface area contributed by atoms with Gasteiger partial charge in [-0.3, -0.25) is 4.68 Å². The second-order valence-electron chi connectivity index (χ2n) is 6.74. The number of ether oxygens (including phenoxy) is 1. The first kappa shape index (κ1) is 18.0. The topological polar surface area (TPSA) is 39.9 Å². The molecule has 0 aliphatic rings. The van der Waals surface area contributed by atoms with Crippen LogP contribution in [0.25, 0.3) is 0 Å². The lowest BCUT2D eigenvalue weighted by molar-refractivity contribution is -0.0412. The summed E-state index contributed by atoms with van der Waals surface area (Å²) in [5, 5.41) is 8.06. The van der Waals surface area contributed by atoms with Crippen LogP contribution in [-0.4, -0.2) is 15.0 Å². The van der Waals surface area contributed by atoms with E-state index in [-0.39, 0.29) is 11.5 Å². The highest BCUT2D eigenvalue weighted by Gasteiger charge is 2.30. The minimum Gasteiger partial charge on any atom is -0.367 e. The van der Waals surface area contributed by atoms with E-state index in [2.05, 4.69) is 56.2 Å². The summed E-state index contributed by atoms with van der Waals surface area (Å²) in [5.41, 5.74) is 4.40. The average Bonchev–Trinajstić information content (AvgIpc) is 2.94. The van der Waals surface area contributed by atoms with Gasteiger partial charge in [0.15, 0.2) is 0 Å². The van der Waals surface area contributed by atoms with Gasteiger partial charge in [-0.25, -0.2) is 0 Å². The predicted octanol–water partition coefficient (Wildman–Crippen LogP) is 4.56. The van der Waals surface area contributed by atoms with E-state index < -0.39 is 0 Å². The molecule has 5 heteroatoms. The summed E-state index contributed by atoms with van der Waals surface area (Å²) in [6, 6.07) is 6.43. The largest absolute Gasteiger partial charge is 0.367 e. The molecule has 0 unspecified atom stereocenters. The molecule has 0 aliphatic heterocycles. The highest BCUT2D eigenvalue weighted by molar-refractivity contribution is 6.17. The Balaban J connectivity index is 2.27. The van der Waals surface area contributed by atoms with Gasteiger partial charge in [-0.05, 0) is 35.4 Å². The van der Waals surface area contributed by atoms with E-state index in [1.54, 1.807) is 4.68 Å². The number of rotatable bonds is 7. The molecule has 1 aromatic heterocycles. The van der Waals surface area contributed by atoms with Gasteiger partial charge in [-0.2, -0.15) is 0 Å². The quantitative estimate of drug-likeness (QED) is 0.696. The summed E-state index contributed by atoms with van der Waals surface area (Å²) in [6.45, 7) is 9.19. The minimum absolute atomic E-state index is 0.0149. The van der Waals surface area contributed by atoms with Crippen LogP contribution >= 0.6 is 11.6 Å². The number of hydrogen-bond acceptors (Lipinski definition) is 3. The van der Waals surface area contributed by atoms with Crippen LogP contribution in [0.15, 0.2) is 24.4 Å². The molecule has 23 heavy (non-hydrogen) atoms. The van der Waals surface area contributed by atoms with Crippen LogP contribution < -0.4 is 0 Å². The maximum absolute atomic E-state index is 6.26. The standard InChI is InChI=1S/C18H26ClN3O/c1-6-18(3,4)17(23-12-16-11-22(5)21-20-16)14-8-7-13(2)15(9-14)10-19/h7-9,11,17H,6,10,12H2,1-5H3/t17-/m0/s1. The number of nitrogens with zero attached hydrogens (tertiary/aromatic N) is 3. The van der Waals surface area contributed by atoms with Gasteiger partial charge in [0.25, 0.3) is 0 Å². The number of aryl methyl sites for hydroxylation is 2. The molecule has 0 saturated carbocycles. The van der Waals surface area contributed by atoms with E-state index >= 15 is 0 Å². The zero-order valence-corrected chi connectivity index (χ0v) is 15.4. The van der Waals surface area contributed by atoms with Gasteiger partial charge in [-0.15, -0.1) is 16.7 Å². The lowest BCUT2D eigenvalue weighted by Gasteiger charge is -2.34. The molecule has 4 nitrogen and oxygen atoms in total. The summed E-state index contributed by atoms with van der Waals surface area (Å²) in [5.74, 6) is 0.517. The van der Waals surface area contributed by atoms with Crippen LogP contribution in [0.1, 0.15) is 55.7 Å². The molecule has 1 aromatic carbocycles. The van der Waals surface area contributed by atoms with Crippen molar-refractivity contribution in [3.63, 3.8) is 0 Å². The number of halogens is 1. The van der Waals surface area contributed by atoms with Crippen molar-refractivity contribution in [2.75, 3.05) is 0 Å². The lowest BCUT2D eigenvalue weighted by atomic mass is 9.79. The van der Waals surface area contributed by atoms with E-state index in [9.17, 15) is 0 Å². The number of hydrogen-bond donors (Lipinski definition) is 0. The maximum Gasteiger partial charge on any atom is 0.108 e. The van der Waals surface area contributed by atoms with Crippen LogP contribution in [0.3, 0.4) is 0 Å². The first-order valence-corrected chi connectivity index (χ1v) is 8.53. The summed E-state index contributed by atoms with van der Waals surface area (Å²) in [6.07, 6.45) is 2.88. The SMILES string of the molecule is CCC(C)(C)[C@@H](OCc1cn(C)nn1)c1ccc(C)c(CCl)c1. The Morgan fingerprint density at radius 2 is 2.09 bits per heavy atom. The van der Waals surface area contributed by atoms with Gasteiger partial charge < -0.3 is 4.74 Å². The normalized spacial score (nSPS) is 13.3. The molecule has 0 spiro atoms. The second-order valence-corrected chi connectivity index (χ2v) is 7.00. The first-order chi connectivity index (χ1) is 10.9. The molecule has 126 valence electrons. The van der Waals surface area contributed by atoms with Gasteiger partial charge in [0, 0.05) is 12.9 Å². The fraction of sp³-hybridized carbons (Fsp3) is 0.556. The van der Waals surface area contributed by atoms with Gasteiger partial charge >= 0.3 is 0 Å². The molecule has 0 fully saturated rings. The Bertz CT molecular complexity index is 651. The van der Waals surface area contributed by atoms with Crippen molar-refractivity contribution < 1.29 is 4.74 Å². The van der Waals surface area contributed by atoms with Crippen molar-refractivity contribution in [2.45, 2.75) is 52.7 Å². The maximum atomic E-state index is 6.26. The van der Waals surface area contributed by atoms with Gasteiger partial charge in [0.05, 0.1) is 18.9 Å². The number of benzene rings is 1. The molecule has 2 rings (SSSR count). The van der Waals surface area contributed by atoms with E-state index in [4.69, 9.17) is 16.3 Å². The summed E-state index contributed by atoms with van der Waals surface area (Å²) in [7, 11) is 1.86. The van der Waals surface area contributed by atoms with Crippen molar-refractivity contribution in [2.24, 2.45) is 12.5 Å². The highest BCUT2D eigenvalue weighted by atomic mass is 35.5. The van der Waals surface area contributed by atoms with Gasteiger partial charge in [-0.1, -0.05) is 44.2 Å². The van der Waals surface area contributed by atoms with E-state index in [0.717, 1.165) is 17.7 Å². The molecule has 1 heterocycles. The molecule has 2 aromatic rings. The Labute approximate surface area is 143 Å². The van der Waals surface area contributed by atoms with Crippen LogP contribution in [0.2, 0.25) is 0 Å². The molecular weight excluding hydrogens is 310 g/mol. The monoisotopic (exact) mass is 335 g/mol. The predicted molar refractivity (Wildman–Crippen MR) is 93.3 cm³/mol. The molecule has 0 saturated heterocycles. The fourth-order valence-corrected chi connectivity index (χ4v) is 2.87. The van der Waals surface area contributed by atoms with Crippen LogP contribution in [0.5, 0.6) is 0 Å². The second kappa shape index (κ2) is 7.45. The van der Waals surface area contributed by atoms with E-state index in [0.29, 0.717) is 12.5 Å². The molecule has 0 aliphatic carbocycles. The van der Waals surface area contributed by atoms with Crippen LogP contribution in [0, 0.1) is 12.3 Å². The smallest absolute Gasteiger partial charge is 0.108 e. The third kappa shape index (κ3) is 4.33. The average molecular weight is 336 g/mol. The molecule has 0 radical (unpaired) electrons. The zero-order valence-electron chi connectivity index (χ0n) is 14.6. The summed E-state index contributed by atoms with van der Waals surface area (Å²) >= 11 is 6.07. The van der Waals surface area contributed by atoms with E-state index in [1.165, 1.54) is 11.1 Å². The van der Waals surface area contributed by atoms with Crippen LogP contribution in [0.4, 0.5) is 0 Å². The number of aromatic nitrogens is 3. The highest BCUT2D eigenvalue weighted by Crippen LogP contribution is 2.40. The lowest BCUT2D eigenvalue weighted by Crippen LogP contribution is -2.24. The van der Waals surface area contributed by atoms with Crippen molar-refractivity contribution in [3.8, 4) is 0 Å². The van der Waals surface area contributed by atoms with Crippen molar-refractivity contribution in [1.29, 1.82) is 0 Å². The van der Waals surface area contributed by atoms with E-state index in [1.807, 2.05) is 13.2 Å². The van der Waals surface area contributed by atoms with Gasteiger partial charge in [0.2, 0.25) is 0 Å². The molecule has 1 atom stereocenters. The molecule has 0 amide bonds. The fourth-order valence-electron chi connectivity index (χ4n) is 2.59. The molecular formula is C18H26ClN3O. The first-order valence-electron chi connectivity index (χ1n) is 7.99. The Morgan fingerprint density at radius 1 is 1.35 bits per heavy atom. The third-order valence-corrected chi connectivity index (χ3v) is 4.78. The van der Waals surface area contributed by atoms with Crippen molar-refractivity contribution in [3.05, 3.63) is 46.8 Å². The molecule has 0 N–H and O–H groups in total. The summed E-state index contributed by atoms with van der Waals surface area (Å²) < 4.78 is 7.95. The zero-order chi connectivity index (χ0) is 17.0. The number of alkyl halides is 1. The minimum atomic E-state index is -0.0166. The van der Waals surface area contributed by atoms with Crippen molar-refractivity contribution >= 4 is 11.6 Å². The summed E-state index contributed by atoms with van der Waals surface area (Å²) in [4.78, 5) is 0.